The van der Waals surface area contributed by atoms with E-state index in [0.717, 1.165) is 24.1 Å². The van der Waals surface area contributed by atoms with Crippen molar-refractivity contribution in [1.29, 1.82) is 0 Å². The van der Waals surface area contributed by atoms with Gasteiger partial charge in [-0.3, -0.25) is 0 Å². The topological polar surface area (TPSA) is 89.2 Å². The van der Waals surface area contributed by atoms with Gasteiger partial charge in [-0.1, -0.05) is 23.4 Å². The summed E-state index contributed by atoms with van der Waals surface area (Å²) in [6.07, 6.45) is 1.52. The van der Waals surface area contributed by atoms with Gasteiger partial charge in [0, 0.05) is 6.54 Å². The maximum absolute atomic E-state index is 13.2. The first-order chi connectivity index (χ1) is 13.4. The van der Waals surface area contributed by atoms with Crippen molar-refractivity contribution < 1.29 is 12.9 Å². The van der Waals surface area contributed by atoms with E-state index in [9.17, 15) is 8.42 Å². The van der Waals surface area contributed by atoms with Crippen molar-refractivity contribution in [2.24, 2.45) is 0 Å². The zero-order chi connectivity index (χ0) is 19.9. The fraction of sp³-hybridized carbons (Fsp3) is 0.350. The Labute approximate surface area is 164 Å². The Kier molecular flexibility index (Phi) is 4.76. The van der Waals surface area contributed by atoms with Crippen molar-refractivity contribution in [3.05, 3.63) is 59.4 Å². The van der Waals surface area contributed by atoms with Gasteiger partial charge in [-0.2, -0.15) is 4.31 Å². The van der Waals surface area contributed by atoms with E-state index in [2.05, 4.69) is 15.1 Å². The van der Waals surface area contributed by atoms with Crippen molar-refractivity contribution in [1.82, 2.24) is 19.4 Å². The lowest BCUT2D eigenvalue weighted by atomic mass is 10.1. The summed E-state index contributed by atoms with van der Waals surface area (Å²) in [7, 11) is -3.59. The first-order valence-electron chi connectivity index (χ1n) is 9.23. The molecule has 3 aromatic rings. The summed E-state index contributed by atoms with van der Waals surface area (Å²) in [5.41, 5.74) is 3.01. The number of hydrogen-bond donors (Lipinski definition) is 0. The van der Waals surface area contributed by atoms with Crippen LogP contribution in [0.1, 0.15) is 41.9 Å². The monoisotopic (exact) mass is 398 g/mol. The normalized spacial score (nSPS) is 17.9. The highest BCUT2D eigenvalue weighted by Crippen LogP contribution is 2.37. The molecule has 1 fully saturated rings. The highest BCUT2D eigenvalue weighted by atomic mass is 32.2. The van der Waals surface area contributed by atoms with Gasteiger partial charge in [0.25, 0.3) is 0 Å². The number of rotatable bonds is 4. The van der Waals surface area contributed by atoms with Crippen molar-refractivity contribution in [2.45, 2.75) is 44.6 Å². The van der Waals surface area contributed by atoms with E-state index in [-0.39, 0.29) is 6.04 Å². The molecule has 3 heterocycles. The van der Waals surface area contributed by atoms with Crippen LogP contribution in [0.4, 0.5) is 0 Å². The molecule has 0 amide bonds. The van der Waals surface area contributed by atoms with E-state index in [0.29, 0.717) is 34.4 Å². The highest BCUT2D eigenvalue weighted by molar-refractivity contribution is 7.89. The summed E-state index contributed by atoms with van der Waals surface area (Å²) in [5, 5.41) is 4.00. The summed E-state index contributed by atoms with van der Waals surface area (Å²) in [6, 6.07) is 10.1. The van der Waals surface area contributed by atoms with E-state index in [1.54, 1.807) is 28.6 Å². The molecule has 0 aliphatic carbocycles. The zero-order valence-corrected chi connectivity index (χ0v) is 16.9. The third kappa shape index (κ3) is 3.22. The zero-order valence-electron chi connectivity index (χ0n) is 16.1. The number of nitrogens with zero attached hydrogens (tertiary/aromatic N) is 4. The van der Waals surface area contributed by atoms with Crippen LogP contribution < -0.4 is 0 Å². The molecule has 1 atom stereocenters. The van der Waals surface area contributed by atoms with E-state index in [1.165, 1.54) is 0 Å². The third-order valence-electron chi connectivity index (χ3n) is 5.04. The molecular formula is C20H22N4O3S. The molecule has 1 aromatic carbocycles. The molecule has 1 aliphatic heterocycles. The number of aryl methyl sites for hydroxylation is 3. The minimum atomic E-state index is -3.59. The van der Waals surface area contributed by atoms with Gasteiger partial charge in [-0.25, -0.2) is 18.4 Å². The Bertz CT molecular complexity index is 1090. The van der Waals surface area contributed by atoms with Crippen LogP contribution in [0, 0.1) is 20.8 Å². The highest BCUT2D eigenvalue weighted by Gasteiger charge is 2.37. The maximum Gasteiger partial charge on any atom is 0.243 e. The summed E-state index contributed by atoms with van der Waals surface area (Å²) >= 11 is 0. The number of sulfonamides is 1. The molecule has 28 heavy (non-hydrogen) atoms. The van der Waals surface area contributed by atoms with Crippen molar-refractivity contribution >= 4 is 10.0 Å². The van der Waals surface area contributed by atoms with Crippen LogP contribution in [0.3, 0.4) is 0 Å². The molecule has 4 rings (SSSR count). The molecule has 0 saturated carbocycles. The smallest absolute Gasteiger partial charge is 0.243 e. The lowest BCUT2D eigenvalue weighted by Crippen LogP contribution is -2.31. The standard InChI is InChI=1S/C20H22N4O3S/c1-13-20(14(2)27-23-13)18-12-17(21-15(3)22-18)19-10-7-11-24(19)28(25,26)16-8-5-4-6-9-16/h4-6,8-9,12,19H,7,10-11H2,1-3H3/t19-/m1/s1. The molecule has 7 nitrogen and oxygen atoms in total. The van der Waals surface area contributed by atoms with Crippen LogP contribution in [0.15, 0.2) is 45.8 Å². The predicted octanol–water partition coefficient (Wildman–Crippen LogP) is 3.58. The summed E-state index contributed by atoms with van der Waals surface area (Å²) in [4.78, 5) is 9.41. The van der Waals surface area contributed by atoms with Gasteiger partial charge in [0.1, 0.15) is 11.6 Å². The average molecular weight is 398 g/mol. The van der Waals surface area contributed by atoms with Crippen LogP contribution in [-0.2, 0) is 10.0 Å². The minimum absolute atomic E-state index is 0.304. The third-order valence-corrected chi connectivity index (χ3v) is 6.96. The van der Waals surface area contributed by atoms with Crippen LogP contribution in [-0.4, -0.2) is 34.4 Å². The number of aromatic nitrogens is 3. The van der Waals surface area contributed by atoms with Crippen LogP contribution in [0.5, 0.6) is 0 Å². The maximum atomic E-state index is 13.2. The summed E-state index contributed by atoms with van der Waals surface area (Å²) < 4.78 is 33.2. The minimum Gasteiger partial charge on any atom is -0.361 e. The molecule has 1 saturated heterocycles. The molecule has 146 valence electrons. The molecule has 1 aliphatic rings. The second-order valence-corrected chi connectivity index (χ2v) is 8.90. The second kappa shape index (κ2) is 7.10. The van der Waals surface area contributed by atoms with Crippen LogP contribution >= 0.6 is 0 Å². The van der Waals surface area contributed by atoms with Gasteiger partial charge in [0.15, 0.2) is 0 Å². The number of benzene rings is 1. The Morgan fingerprint density at radius 1 is 1.11 bits per heavy atom. The van der Waals surface area contributed by atoms with Crippen LogP contribution in [0.25, 0.3) is 11.3 Å². The van der Waals surface area contributed by atoms with Gasteiger partial charge in [0.05, 0.1) is 33.6 Å². The lowest BCUT2D eigenvalue weighted by Gasteiger charge is -2.24. The second-order valence-electron chi connectivity index (χ2n) is 7.01. The molecular weight excluding hydrogens is 376 g/mol. The van der Waals surface area contributed by atoms with Crippen molar-refractivity contribution in [3.63, 3.8) is 0 Å². The van der Waals surface area contributed by atoms with E-state index >= 15 is 0 Å². The molecule has 0 spiro atoms. The number of hydrogen-bond acceptors (Lipinski definition) is 6. The average Bonchev–Trinajstić information content (AvgIpc) is 3.29. The Morgan fingerprint density at radius 3 is 2.54 bits per heavy atom. The fourth-order valence-corrected chi connectivity index (χ4v) is 5.48. The SMILES string of the molecule is Cc1nc(-c2c(C)noc2C)cc([C@H]2CCCN2S(=O)(=O)c2ccccc2)n1. The summed E-state index contributed by atoms with van der Waals surface area (Å²) in [6.45, 7) is 6.00. The Morgan fingerprint density at radius 2 is 1.86 bits per heavy atom. The molecule has 0 bridgehead atoms. The van der Waals surface area contributed by atoms with Crippen molar-refractivity contribution in [3.8, 4) is 11.3 Å². The van der Waals surface area contributed by atoms with Gasteiger partial charge in [-0.05, 0) is 51.8 Å². The first-order valence-corrected chi connectivity index (χ1v) is 10.7. The quantitative estimate of drug-likeness (QED) is 0.667. The molecule has 0 radical (unpaired) electrons. The molecule has 0 N–H and O–H groups in total. The molecule has 8 heteroatoms. The van der Waals surface area contributed by atoms with Gasteiger partial charge in [-0.15, -0.1) is 0 Å². The molecule has 0 unspecified atom stereocenters. The fourth-order valence-electron chi connectivity index (χ4n) is 3.79. The first kappa shape index (κ1) is 18.8. The van der Waals surface area contributed by atoms with E-state index in [4.69, 9.17) is 4.52 Å². The van der Waals surface area contributed by atoms with E-state index < -0.39 is 10.0 Å². The Hall–Kier alpha value is -2.58. The molecule has 2 aromatic heterocycles. The lowest BCUT2D eigenvalue weighted by molar-refractivity contribution is 0.389. The summed E-state index contributed by atoms with van der Waals surface area (Å²) in [5.74, 6) is 1.28. The van der Waals surface area contributed by atoms with E-state index in [1.807, 2.05) is 32.9 Å². The predicted molar refractivity (Wildman–Crippen MR) is 104 cm³/mol. The van der Waals surface area contributed by atoms with Gasteiger partial charge in [0.2, 0.25) is 10.0 Å². The largest absolute Gasteiger partial charge is 0.361 e. The van der Waals surface area contributed by atoms with Crippen molar-refractivity contribution in [2.75, 3.05) is 6.54 Å². The van der Waals surface area contributed by atoms with Gasteiger partial charge >= 0.3 is 0 Å². The van der Waals surface area contributed by atoms with Gasteiger partial charge < -0.3 is 4.52 Å². The van der Waals surface area contributed by atoms with Crippen LogP contribution in [0.2, 0.25) is 0 Å². The Balaban J connectivity index is 1.77.